The molecule has 17 heavy (non-hydrogen) atoms. The first-order valence-electron chi connectivity index (χ1n) is 6.99. The van der Waals surface area contributed by atoms with E-state index in [1.54, 1.807) is 0 Å². The highest BCUT2D eigenvalue weighted by molar-refractivity contribution is 4.82. The third-order valence-electron chi connectivity index (χ3n) is 3.42. The second-order valence-electron chi connectivity index (χ2n) is 6.31. The van der Waals surface area contributed by atoms with Crippen molar-refractivity contribution in [2.45, 2.75) is 52.7 Å². The lowest BCUT2D eigenvalue weighted by molar-refractivity contribution is -0.0950. The molecule has 1 heterocycles. The molecule has 0 saturated carbocycles. The molecule has 0 aromatic carbocycles. The van der Waals surface area contributed by atoms with Crippen LogP contribution in [0.15, 0.2) is 0 Å². The second-order valence-corrected chi connectivity index (χ2v) is 6.31. The Hall–Kier alpha value is -0.120. The highest BCUT2D eigenvalue weighted by Gasteiger charge is 2.29. The van der Waals surface area contributed by atoms with Gasteiger partial charge in [0, 0.05) is 25.7 Å². The molecular weight excluding hydrogens is 212 g/mol. The molecule has 1 aliphatic rings. The topological polar surface area (TPSA) is 24.5 Å². The van der Waals surface area contributed by atoms with Gasteiger partial charge in [-0.2, -0.15) is 0 Å². The van der Waals surface area contributed by atoms with E-state index in [9.17, 15) is 0 Å². The van der Waals surface area contributed by atoms with Crippen LogP contribution in [-0.2, 0) is 4.74 Å². The van der Waals surface area contributed by atoms with Crippen LogP contribution in [-0.4, -0.2) is 49.3 Å². The molecule has 1 saturated heterocycles. The fraction of sp³-hybridized carbons (Fsp3) is 1.00. The van der Waals surface area contributed by atoms with Crippen LogP contribution < -0.4 is 5.32 Å². The lowest BCUT2D eigenvalue weighted by Crippen LogP contribution is -2.53. The van der Waals surface area contributed by atoms with Gasteiger partial charge in [0.05, 0.1) is 12.2 Å². The van der Waals surface area contributed by atoms with Gasteiger partial charge >= 0.3 is 0 Å². The Bertz CT molecular complexity index is 216. The Labute approximate surface area is 107 Å². The molecule has 0 bridgehead atoms. The highest BCUT2D eigenvalue weighted by atomic mass is 16.5. The Morgan fingerprint density at radius 3 is 2.59 bits per heavy atom. The summed E-state index contributed by atoms with van der Waals surface area (Å²) in [6, 6.07) is 0.602. The van der Waals surface area contributed by atoms with Crippen molar-refractivity contribution in [2.75, 3.05) is 32.8 Å². The van der Waals surface area contributed by atoms with Crippen molar-refractivity contribution in [1.82, 2.24) is 10.2 Å². The van der Waals surface area contributed by atoms with Crippen LogP contribution in [0.5, 0.6) is 0 Å². The van der Waals surface area contributed by atoms with Crippen molar-refractivity contribution in [3.63, 3.8) is 0 Å². The molecule has 3 heteroatoms. The molecule has 0 aliphatic carbocycles. The van der Waals surface area contributed by atoms with Crippen molar-refractivity contribution in [1.29, 1.82) is 0 Å². The number of nitrogens with zero attached hydrogens (tertiary/aromatic N) is 1. The van der Waals surface area contributed by atoms with E-state index < -0.39 is 0 Å². The van der Waals surface area contributed by atoms with Gasteiger partial charge in [-0.15, -0.1) is 0 Å². The molecule has 102 valence electrons. The van der Waals surface area contributed by atoms with Crippen LogP contribution in [0.4, 0.5) is 0 Å². The van der Waals surface area contributed by atoms with Crippen molar-refractivity contribution in [3.05, 3.63) is 0 Å². The van der Waals surface area contributed by atoms with E-state index in [0.29, 0.717) is 6.04 Å². The van der Waals surface area contributed by atoms with Crippen LogP contribution in [0, 0.1) is 5.92 Å². The van der Waals surface area contributed by atoms with E-state index in [4.69, 9.17) is 4.74 Å². The second kappa shape index (κ2) is 6.72. The third-order valence-corrected chi connectivity index (χ3v) is 3.42. The maximum Gasteiger partial charge on any atom is 0.0753 e. The van der Waals surface area contributed by atoms with Crippen LogP contribution in [0.3, 0.4) is 0 Å². The summed E-state index contributed by atoms with van der Waals surface area (Å²) in [6.45, 7) is 16.4. The van der Waals surface area contributed by atoms with Crippen molar-refractivity contribution in [3.8, 4) is 0 Å². The minimum absolute atomic E-state index is 0.0183. The minimum atomic E-state index is 0.0183. The summed E-state index contributed by atoms with van der Waals surface area (Å²) in [5.41, 5.74) is 0.0183. The minimum Gasteiger partial charge on any atom is -0.373 e. The Morgan fingerprint density at radius 2 is 2.00 bits per heavy atom. The largest absolute Gasteiger partial charge is 0.373 e. The standard InChI is InChI=1S/C14H30N2O/c1-12(2)6-7-15-10-13(3)16-8-9-17-14(4,5)11-16/h12-13,15H,6-11H2,1-5H3. The number of rotatable bonds is 6. The van der Waals surface area contributed by atoms with Gasteiger partial charge in [0.2, 0.25) is 0 Å². The molecule has 1 unspecified atom stereocenters. The van der Waals surface area contributed by atoms with E-state index in [-0.39, 0.29) is 5.60 Å². The SMILES string of the molecule is CC(C)CCNCC(C)N1CCOC(C)(C)C1. The maximum absolute atomic E-state index is 5.74. The highest BCUT2D eigenvalue weighted by Crippen LogP contribution is 2.17. The molecule has 1 fully saturated rings. The average molecular weight is 242 g/mol. The molecule has 3 nitrogen and oxygen atoms in total. The van der Waals surface area contributed by atoms with E-state index in [0.717, 1.165) is 38.7 Å². The first-order chi connectivity index (χ1) is 7.91. The normalized spacial score (nSPS) is 22.9. The van der Waals surface area contributed by atoms with E-state index in [2.05, 4.69) is 44.8 Å². The van der Waals surface area contributed by atoms with Crippen molar-refractivity contribution < 1.29 is 4.74 Å². The molecule has 0 aromatic heterocycles. The first-order valence-corrected chi connectivity index (χ1v) is 6.99. The van der Waals surface area contributed by atoms with Crippen molar-refractivity contribution >= 4 is 0 Å². The molecule has 1 N–H and O–H groups in total. The van der Waals surface area contributed by atoms with Gasteiger partial charge in [-0.1, -0.05) is 13.8 Å². The number of hydrogen-bond acceptors (Lipinski definition) is 3. The number of hydrogen-bond donors (Lipinski definition) is 1. The molecular formula is C14H30N2O. The maximum atomic E-state index is 5.74. The monoisotopic (exact) mass is 242 g/mol. The van der Waals surface area contributed by atoms with E-state index in [1.807, 2.05) is 0 Å². The van der Waals surface area contributed by atoms with Crippen LogP contribution >= 0.6 is 0 Å². The van der Waals surface area contributed by atoms with Crippen LogP contribution in [0.2, 0.25) is 0 Å². The quantitative estimate of drug-likeness (QED) is 0.722. The molecule has 0 spiro atoms. The number of morpholine rings is 1. The predicted molar refractivity (Wildman–Crippen MR) is 73.4 cm³/mol. The molecule has 0 aromatic rings. The summed E-state index contributed by atoms with van der Waals surface area (Å²) in [5.74, 6) is 0.792. The Kier molecular flexibility index (Phi) is 5.90. The third kappa shape index (κ3) is 5.84. The van der Waals surface area contributed by atoms with Crippen LogP contribution in [0.1, 0.15) is 41.0 Å². The van der Waals surface area contributed by atoms with Crippen molar-refractivity contribution in [2.24, 2.45) is 5.92 Å². The van der Waals surface area contributed by atoms with E-state index in [1.165, 1.54) is 6.42 Å². The summed E-state index contributed by atoms with van der Waals surface area (Å²) in [6.07, 6.45) is 1.27. The zero-order valence-electron chi connectivity index (χ0n) is 12.3. The smallest absolute Gasteiger partial charge is 0.0753 e. The molecule has 0 radical (unpaired) electrons. The van der Waals surface area contributed by atoms with Crippen LogP contribution in [0.25, 0.3) is 0 Å². The van der Waals surface area contributed by atoms with Gasteiger partial charge in [-0.3, -0.25) is 4.90 Å². The molecule has 1 atom stereocenters. The van der Waals surface area contributed by atoms with Gasteiger partial charge in [-0.05, 0) is 39.7 Å². The van der Waals surface area contributed by atoms with Gasteiger partial charge in [0.25, 0.3) is 0 Å². The fourth-order valence-corrected chi connectivity index (χ4v) is 2.26. The zero-order valence-corrected chi connectivity index (χ0v) is 12.3. The first kappa shape index (κ1) is 14.9. The van der Waals surface area contributed by atoms with Gasteiger partial charge in [-0.25, -0.2) is 0 Å². The summed E-state index contributed by atoms with van der Waals surface area (Å²) in [4.78, 5) is 2.53. The van der Waals surface area contributed by atoms with E-state index >= 15 is 0 Å². The fourth-order valence-electron chi connectivity index (χ4n) is 2.26. The lowest BCUT2D eigenvalue weighted by atomic mass is 10.1. The molecule has 1 aliphatic heterocycles. The summed E-state index contributed by atoms with van der Waals surface area (Å²) < 4.78 is 5.74. The summed E-state index contributed by atoms with van der Waals surface area (Å²) in [5, 5.41) is 3.56. The predicted octanol–water partition coefficient (Wildman–Crippen LogP) is 2.12. The number of nitrogens with one attached hydrogen (secondary N) is 1. The molecule has 0 amide bonds. The number of ether oxygens (including phenoxy) is 1. The average Bonchev–Trinajstić information content (AvgIpc) is 2.22. The summed E-state index contributed by atoms with van der Waals surface area (Å²) in [7, 11) is 0. The summed E-state index contributed by atoms with van der Waals surface area (Å²) >= 11 is 0. The van der Waals surface area contributed by atoms with Gasteiger partial charge in [0.1, 0.15) is 0 Å². The van der Waals surface area contributed by atoms with Gasteiger partial charge < -0.3 is 10.1 Å². The lowest BCUT2D eigenvalue weighted by Gasteiger charge is -2.41. The molecule has 1 rings (SSSR count). The van der Waals surface area contributed by atoms with Gasteiger partial charge in [0.15, 0.2) is 0 Å². The Balaban J connectivity index is 2.20. The Morgan fingerprint density at radius 1 is 1.29 bits per heavy atom. The zero-order chi connectivity index (χ0) is 12.9.